The minimum absolute atomic E-state index is 0.0780. The molecule has 3 aromatic carbocycles. The van der Waals surface area contributed by atoms with Gasteiger partial charge in [0.2, 0.25) is 0 Å². The Morgan fingerprint density at radius 1 is 1.00 bits per heavy atom. The Balaban J connectivity index is 1.79. The highest BCUT2D eigenvalue weighted by Gasteiger charge is 2.47. The van der Waals surface area contributed by atoms with Crippen LogP contribution in [0.2, 0.25) is 0 Å². The molecule has 28 heavy (non-hydrogen) atoms. The van der Waals surface area contributed by atoms with Gasteiger partial charge >= 0.3 is 0 Å². The standard InChI is InChI=1S/C25H18BrNS/c1-25-14-8-7-12-19(25)22-20(26)15-18-17-11-5-6-13-21(17)28-24(18)23(22)27(25)16-9-3-2-4-10-16/h2-13,15H,14H2,1H3. The van der Waals surface area contributed by atoms with E-state index in [4.69, 9.17) is 0 Å². The highest BCUT2D eigenvalue weighted by molar-refractivity contribution is 9.10. The highest BCUT2D eigenvalue weighted by atomic mass is 79.9. The Morgan fingerprint density at radius 3 is 2.64 bits per heavy atom. The number of thiophene rings is 1. The summed E-state index contributed by atoms with van der Waals surface area (Å²) >= 11 is 5.85. The molecule has 0 saturated carbocycles. The van der Waals surface area contributed by atoms with Crippen molar-refractivity contribution in [1.82, 2.24) is 0 Å². The third-order valence-electron chi connectivity index (χ3n) is 6.09. The average Bonchev–Trinajstić information content (AvgIpc) is 3.21. The molecule has 2 aliphatic rings. The summed E-state index contributed by atoms with van der Waals surface area (Å²) in [6.45, 7) is 2.38. The maximum Gasteiger partial charge on any atom is 0.0716 e. The topological polar surface area (TPSA) is 3.24 Å². The van der Waals surface area contributed by atoms with Crippen molar-refractivity contribution in [3.63, 3.8) is 0 Å². The first-order valence-electron chi connectivity index (χ1n) is 9.55. The molecule has 0 amide bonds. The Hall–Kier alpha value is -2.36. The van der Waals surface area contributed by atoms with Crippen LogP contribution in [0.25, 0.3) is 25.7 Å². The smallest absolute Gasteiger partial charge is 0.0716 e. The van der Waals surface area contributed by atoms with Gasteiger partial charge in [0.1, 0.15) is 0 Å². The van der Waals surface area contributed by atoms with E-state index in [2.05, 4.69) is 107 Å². The molecule has 0 N–H and O–H groups in total. The molecule has 1 aliphatic heterocycles. The second-order valence-electron chi connectivity index (χ2n) is 7.71. The molecule has 0 spiro atoms. The zero-order valence-corrected chi connectivity index (χ0v) is 17.8. The quantitative estimate of drug-likeness (QED) is 0.287. The normalized spacial score (nSPS) is 20.5. The number of benzene rings is 3. The average molecular weight is 444 g/mol. The number of nitrogens with zero attached hydrogens (tertiary/aromatic N) is 1. The molecule has 136 valence electrons. The van der Waals surface area contributed by atoms with Gasteiger partial charge in [-0.05, 0) is 43.2 Å². The molecule has 3 heteroatoms. The lowest BCUT2D eigenvalue weighted by Crippen LogP contribution is -2.40. The molecule has 0 saturated heterocycles. The third-order valence-corrected chi connectivity index (χ3v) is 7.91. The minimum atomic E-state index is -0.0780. The van der Waals surface area contributed by atoms with Gasteiger partial charge in [-0.25, -0.2) is 0 Å². The zero-order valence-electron chi connectivity index (χ0n) is 15.4. The van der Waals surface area contributed by atoms with E-state index in [1.807, 2.05) is 11.3 Å². The molecule has 0 bridgehead atoms. The van der Waals surface area contributed by atoms with Crippen molar-refractivity contribution in [2.75, 3.05) is 4.90 Å². The van der Waals surface area contributed by atoms with Crippen LogP contribution < -0.4 is 4.90 Å². The maximum absolute atomic E-state index is 3.94. The maximum atomic E-state index is 3.94. The fourth-order valence-corrected chi connectivity index (χ4v) is 6.69. The second-order valence-corrected chi connectivity index (χ2v) is 9.62. The van der Waals surface area contributed by atoms with Crippen molar-refractivity contribution < 1.29 is 0 Å². The molecule has 1 atom stereocenters. The fraction of sp³-hybridized carbons (Fsp3) is 0.120. The summed E-state index contributed by atoms with van der Waals surface area (Å²) in [5, 5.41) is 2.68. The molecule has 1 aliphatic carbocycles. The Bertz CT molecular complexity index is 1310. The van der Waals surface area contributed by atoms with Crippen LogP contribution >= 0.6 is 27.3 Å². The van der Waals surface area contributed by atoms with Crippen LogP contribution in [0.15, 0.2) is 83.4 Å². The summed E-state index contributed by atoms with van der Waals surface area (Å²) in [6, 6.07) is 21.9. The van der Waals surface area contributed by atoms with E-state index in [1.54, 1.807) is 0 Å². The molecular formula is C25H18BrNS. The number of hydrogen-bond donors (Lipinski definition) is 0. The second kappa shape index (κ2) is 5.82. The number of hydrogen-bond acceptors (Lipinski definition) is 2. The summed E-state index contributed by atoms with van der Waals surface area (Å²) in [7, 11) is 0. The van der Waals surface area contributed by atoms with Crippen LogP contribution in [-0.2, 0) is 0 Å². The SMILES string of the molecule is CC12CC=CC=C1c1c(Br)cc3c(sc4ccccc43)c1N2c1ccccc1. The van der Waals surface area contributed by atoms with E-state index in [0.717, 1.165) is 6.42 Å². The van der Waals surface area contributed by atoms with Gasteiger partial charge in [-0.1, -0.05) is 70.6 Å². The van der Waals surface area contributed by atoms with Crippen molar-refractivity contribution in [3.8, 4) is 0 Å². The Morgan fingerprint density at radius 2 is 1.79 bits per heavy atom. The molecule has 1 nitrogen and oxygen atoms in total. The van der Waals surface area contributed by atoms with Gasteiger partial charge in [-0.2, -0.15) is 0 Å². The molecular weight excluding hydrogens is 426 g/mol. The largest absolute Gasteiger partial charge is 0.329 e. The van der Waals surface area contributed by atoms with Crippen molar-refractivity contribution in [1.29, 1.82) is 0 Å². The number of anilines is 2. The van der Waals surface area contributed by atoms with Gasteiger partial charge in [0.25, 0.3) is 0 Å². The summed E-state index contributed by atoms with van der Waals surface area (Å²) in [5.74, 6) is 0. The van der Waals surface area contributed by atoms with Gasteiger partial charge in [0, 0.05) is 31.2 Å². The molecule has 1 unspecified atom stereocenters. The minimum Gasteiger partial charge on any atom is -0.329 e. The van der Waals surface area contributed by atoms with Crippen molar-refractivity contribution >= 4 is 64.4 Å². The van der Waals surface area contributed by atoms with Crippen molar-refractivity contribution in [2.45, 2.75) is 18.9 Å². The van der Waals surface area contributed by atoms with Crippen LogP contribution in [-0.4, -0.2) is 5.54 Å². The van der Waals surface area contributed by atoms with Crippen molar-refractivity contribution in [2.24, 2.45) is 0 Å². The summed E-state index contributed by atoms with van der Waals surface area (Å²) < 4.78 is 3.91. The fourth-order valence-electron chi connectivity index (χ4n) is 4.83. The lowest BCUT2D eigenvalue weighted by Gasteiger charge is -2.39. The van der Waals surface area contributed by atoms with Gasteiger partial charge in [0.05, 0.1) is 15.9 Å². The summed E-state index contributed by atoms with van der Waals surface area (Å²) in [4.78, 5) is 2.57. The molecule has 2 heterocycles. The zero-order chi connectivity index (χ0) is 18.9. The Kier molecular flexibility index (Phi) is 3.45. The predicted octanol–water partition coefficient (Wildman–Crippen LogP) is 8.07. The van der Waals surface area contributed by atoms with E-state index in [-0.39, 0.29) is 5.54 Å². The number of halogens is 1. The van der Waals surface area contributed by atoms with E-state index < -0.39 is 0 Å². The molecule has 0 fully saturated rings. The lowest BCUT2D eigenvalue weighted by molar-refractivity contribution is 0.608. The first-order chi connectivity index (χ1) is 13.7. The molecule has 1 aromatic heterocycles. The number of allylic oxidation sites excluding steroid dienone is 2. The lowest BCUT2D eigenvalue weighted by atomic mass is 9.83. The highest BCUT2D eigenvalue weighted by Crippen LogP contribution is 2.59. The third kappa shape index (κ3) is 2.06. The van der Waals surface area contributed by atoms with Gasteiger partial charge in [-0.3, -0.25) is 0 Å². The predicted molar refractivity (Wildman–Crippen MR) is 126 cm³/mol. The molecule has 0 radical (unpaired) electrons. The van der Waals surface area contributed by atoms with E-state index in [0.29, 0.717) is 0 Å². The molecule has 4 aromatic rings. The monoisotopic (exact) mass is 443 g/mol. The van der Waals surface area contributed by atoms with E-state index in [1.165, 1.54) is 47.2 Å². The number of para-hydroxylation sites is 1. The van der Waals surface area contributed by atoms with Gasteiger partial charge in [0.15, 0.2) is 0 Å². The summed E-state index contributed by atoms with van der Waals surface area (Å²) in [5.41, 5.74) is 5.26. The van der Waals surface area contributed by atoms with Crippen LogP contribution in [0.4, 0.5) is 11.4 Å². The first kappa shape index (κ1) is 16.6. The summed E-state index contributed by atoms with van der Waals surface area (Å²) in [6.07, 6.45) is 7.80. The number of rotatable bonds is 1. The van der Waals surface area contributed by atoms with Crippen LogP contribution in [0.5, 0.6) is 0 Å². The first-order valence-corrected chi connectivity index (χ1v) is 11.2. The van der Waals surface area contributed by atoms with E-state index in [9.17, 15) is 0 Å². The van der Waals surface area contributed by atoms with Crippen LogP contribution in [0.3, 0.4) is 0 Å². The van der Waals surface area contributed by atoms with Gasteiger partial charge < -0.3 is 4.90 Å². The number of fused-ring (bicyclic) bond motifs is 7. The molecule has 6 rings (SSSR count). The van der Waals surface area contributed by atoms with E-state index >= 15 is 0 Å². The van der Waals surface area contributed by atoms with Crippen molar-refractivity contribution in [3.05, 3.63) is 88.9 Å². The van der Waals surface area contributed by atoms with Crippen LogP contribution in [0.1, 0.15) is 18.9 Å². The van der Waals surface area contributed by atoms with Crippen LogP contribution in [0, 0.1) is 0 Å². The Labute approximate surface area is 176 Å². The van der Waals surface area contributed by atoms with Gasteiger partial charge in [-0.15, -0.1) is 11.3 Å².